The average molecular weight is 167 g/mol. The van der Waals surface area contributed by atoms with Crippen LogP contribution in [0.3, 0.4) is 0 Å². The van der Waals surface area contributed by atoms with E-state index in [1.807, 2.05) is 20.8 Å². The highest BCUT2D eigenvalue weighted by molar-refractivity contribution is 5.77. The number of amides is 1. The molecule has 0 fully saturated rings. The number of carbonyl (C=O) groups excluding carboxylic acids is 1. The lowest BCUT2D eigenvalue weighted by molar-refractivity contribution is 0.233. The Morgan fingerprint density at radius 2 is 2.17 bits per heavy atom. The molecule has 1 amide bonds. The van der Waals surface area contributed by atoms with Crippen molar-refractivity contribution in [2.75, 3.05) is 0 Å². The summed E-state index contributed by atoms with van der Waals surface area (Å²) in [5, 5.41) is 2.81. The van der Waals surface area contributed by atoms with Gasteiger partial charge < -0.3 is 5.32 Å². The van der Waals surface area contributed by atoms with Crippen molar-refractivity contribution in [3.8, 4) is 0 Å². The second-order valence-electron chi connectivity index (χ2n) is 3.65. The molecule has 0 saturated carbocycles. The highest BCUT2D eigenvalue weighted by Crippen LogP contribution is 1.99. The first-order valence-corrected chi connectivity index (χ1v) is 3.79. The van der Waals surface area contributed by atoms with Gasteiger partial charge in [-0.2, -0.15) is 0 Å². The summed E-state index contributed by atoms with van der Waals surface area (Å²) in [6, 6.07) is -0.153. The number of rotatable bonds is 0. The molecule has 1 N–H and O–H groups in total. The van der Waals surface area contributed by atoms with E-state index in [-0.39, 0.29) is 11.6 Å². The van der Waals surface area contributed by atoms with Crippen molar-refractivity contribution >= 4 is 6.03 Å². The zero-order valence-electron chi connectivity index (χ0n) is 7.53. The van der Waals surface area contributed by atoms with Gasteiger partial charge in [-0.3, -0.25) is 4.57 Å². The summed E-state index contributed by atoms with van der Waals surface area (Å²) in [6.07, 6.45) is 4.66. The number of nitrogens with one attached hydrogen (secondary N) is 1. The predicted octanol–water partition coefficient (Wildman–Crippen LogP) is 1.24. The molecule has 0 atom stereocenters. The minimum absolute atomic E-state index is 0.153. The third-order valence-electron chi connectivity index (χ3n) is 1.22. The Hall–Kier alpha value is -1.32. The van der Waals surface area contributed by atoms with E-state index in [0.717, 1.165) is 0 Å². The minimum atomic E-state index is -0.207. The van der Waals surface area contributed by atoms with E-state index in [0.29, 0.717) is 0 Å². The molecule has 66 valence electrons. The zero-order valence-corrected chi connectivity index (χ0v) is 7.53. The third kappa shape index (κ3) is 2.38. The average Bonchev–Trinajstić information content (AvgIpc) is 2.32. The van der Waals surface area contributed by atoms with E-state index in [1.165, 1.54) is 10.9 Å². The molecule has 1 heterocycles. The van der Waals surface area contributed by atoms with E-state index in [2.05, 4.69) is 10.3 Å². The van der Waals surface area contributed by atoms with Crippen LogP contribution in [-0.2, 0) is 0 Å². The van der Waals surface area contributed by atoms with Crippen LogP contribution in [0.5, 0.6) is 0 Å². The standard InChI is InChI=1S/C8H13N3O/c1-8(2,3)10-7(12)11-5-4-9-6-11/h4-6H,1-3H3,(H,10,12). The van der Waals surface area contributed by atoms with Crippen LogP contribution in [0, 0.1) is 0 Å². The lowest BCUT2D eigenvalue weighted by atomic mass is 10.1. The monoisotopic (exact) mass is 167 g/mol. The Morgan fingerprint density at radius 3 is 2.58 bits per heavy atom. The Morgan fingerprint density at radius 1 is 1.50 bits per heavy atom. The number of hydrogen-bond acceptors (Lipinski definition) is 2. The van der Waals surface area contributed by atoms with Crippen LogP contribution in [-0.4, -0.2) is 21.1 Å². The predicted molar refractivity (Wildman–Crippen MR) is 45.9 cm³/mol. The molecule has 0 unspecified atom stereocenters. The molecule has 0 aliphatic heterocycles. The van der Waals surface area contributed by atoms with E-state index in [9.17, 15) is 4.79 Å². The van der Waals surface area contributed by atoms with Crippen molar-refractivity contribution in [3.05, 3.63) is 18.7 Å². The molecule has 0 spiro atoms. The molecule has 0 aliphatic rings. The van der Waals surface area contributed by atoms with Gasteiger partial charge in [-0.05, 0) is 20.8 Å². The second kappa shape index (κ2) is 2.97. The maximum absolute atomic E-state index is 11.3. The van der Waals surface area contributed by atoms with Crippen LogP contribution < -0.4 is 5.32 Å². The molecular formula is C8H13N3O. The fourth-order valence-electron chi connectivity index (χ4n) is 0.765. The summed E-state index contributed by atoms with van der Waals surface area (Å²) < 4.78 is 1.41. The zero-order chi connectivity index (χ0) is 9.19. The molecule has 0 aliphatic carbocycles. The Bertz CT molecular complexity index is 258. The Labute approximate surface area is 71.6 Å². The quantitative estimate of drug-likeness (QED) is 0.632. The lowest BCUT2D eigenvalue weighted by Crippen LogP contribution is -2.42. The summed E-state index contributed by atoms with van der Waals surface area (Å²) >= 11 is 0. The molecule has 0 radical (unpaired) electrons. The van der Waals surface area contributed by atoms with Crippen LogP contribution in [0.25, 0.3) is 0 Å². The summed E-state index contributed by atoms with van der Waals surface area (Å²) in [7, 11) is 0. The van der Waals surface area contributed by atoms with E-state index in [1.54, 1.807) is 12.4 Å². The first-order chi connectivity index (χ1) is 5.49. The number of imidazole rings is 1. The van der Waals surface area contributed by atoms with Crippen molar-refractivity contribution in [1.29, 1.82) is 0 Å². The SMILES string of the molecule is CC(C)(C)NC(=O)n1ccnc1. The first-order valence-electron chi connectivity index (χ1n) is 3.79. The second-order valence-corrected chi connectivity index (χ2v) is 3.65. The summed E-state index contributed by atoms with van der Waals surface area (Å²) in [5.74, 6) is 0. The van der Waals surface area contributed by atoms with Crippen LogP contribution in [0.4, 0.5) is 4.79 Å². The molecule has 1 aromatic rings. The summed E-state index contributed by atoms with van der Waals surface area (Å²) in [6.45, 7) is 5.80. The maximum Gasteiger partial charge on any atom is 0.327 e. The van der Waals surface area contributed by atoms with Gasteiger partial charge >= 0.3 is 6.03 Å². The number of hydrogen-bond donors (Lipinski definition) is 1. The van der Waals surface area contributed by atoms with Crippen molar-refractivity contribution < 1.29 is 4.79 Å². The smallest absolute Gasteiger partial charge is 0.327 e. The highest BCUT2D eigenvalue weighted by atomic mass is 16.2. The van der Waals surface area contributed by atoms with Crippen LogP contribution in [0.2, 0.25) is 0 Å². The van der Waals surface area contributed by atoms with Gasteiger partial charge in [0.25, 0.3) is 0 Å². The molecule has 0 saturated heterocycles. The largest absolute Gasteiger partial charge is 0.333 e. The van der Waals surface area contributed by atoms with Gasteiger partial charge in [0.15, 0.2) is 0 Å². The number of carbonyl (C=O) groups is 1. The van der Waals surface area contributed by atoms with Crippen molar-refractivity contribution in [3.63, 3.8) is 0 Å². The Kier molecular flexibility index (Phi) is 2.17. The molecule has 1 aromatic heterocycles. The molecule has 0 bridgehead atoms. The summed E-state index contributed by atoms with van der Waals surface area (Å²) in [5.41, 5.74) is -0.207. The molecule has 4 nitrogen and oxygen atoms in total. The van der Waals surface area contributed by atoms with Crippen molar-refractivity contribution in [2.45, 2.75) is 26.3 Å². The van der Waals surface area contributed by atoms with E-state index >= 15 is 0 Å². The fraction of sp³-hybridized carbons (Fsp3) is 0.500. The highest BCUT2D eigenvalue weighted by Gasteiger charge is 2.13. The van der Waals surface area contributed by atoms with Gasteiger partial charge in [-0.25, -0.2) is 9.78 Å². The normalized spacial score (nSPS) is 11.2. The van der Waals surface area contributed by atoms with Gasteiger partial charge in [0.1, 0.15) is 6.33 Å². The van der Waals surface area contributed by atoms with Gasteiger partial charge in [0.2, 0.25) is 0 Å². The fourth-order valence-corrected chi connectivity index (χ4v) is 0.765. The maximum atomic E-state index is 11.3. The minimum Gasteiger partial charge on any atom is -0.333 e. The molecule has 1 rings (SSSR count). The molecular weight excluding hydrogens is 154 g/mol. The molecule has 0 aromatic carbocycles. The van der Waals surface area contributed by atoms with Crippen LogP contribution in [0.15, 0.2) is 18.7 Å². The van der Waals surface area contributed by atoms with E-state index < -0.39 is 0 Å². The number of nitrogens with zero attached hydrogens (tertiary/aromatic N) is 2. The van der Waals surface area contributed by atoms with Gasteiger partial charge in [0.05, 0.1) is 0 Å². The number of aromatic nitrogens is 2. The Balaban J connectivity index is 2.63. The third-order valence-corrected chi connectivity index (χ3v) is 1.22. The topological polar surface area (TPSA) is 46.9 Å². The summed E-state index contributed by atoms with van der Waals surface area (Å²) in [4.78, 5) is 15.1. The van der Waals surface area contributed by atoms with Crippen LogP contribution >= 0.6 is 0 Å². The van der Waals surface area contributed by atoms with Crippen molar-refractivity contribution in [2.24, 2.45) is 0 Å². The van der Waals surface area contributed by atoms with E-state index in [4.69, 9.17) is 0 Å². The lowest BCUT2D eigenvalue weighted by Gasteiger charge is -2.20. The van der Waals surface area contributed by atoms with Gasteiger partial charge in [0, 0.05) is 17.9 Å². The molecule has 12 heavy (non-hydrogen) atoms. The van der Waals surface area contributed by atoms with Gasteiger partial charge in [-0.1, -0.05) is 0 Å². The van der Waals surface area contributed by atoms with Crippen molar-refractivity contribution in [1.82, 2.24) is 14.9 Å². The first kappa shape index (κ1) is 8.77. The van der Waals surface area contributed by atoms with Crippen LogP contribution in [0.1, 0.15) is 20.8 Å². The van der Waals surface area contributed by atoms with Gasteiger partial charge in [-0.15, -0.1) is 0 Å². The molecule has 4 heteroatoms.